The molecule has 1 saturated heterocycles. The first-order chi connectivity index (χ1) is 62.4. The number of para-hydroxylation sites is 1. The third-order valence-electron chi connectivity index (χ3n) is 22.5. The predicted molar refractivity (Wildman–Crippen MR) is 481 cm³/mol. The van der Waals surface area contributed by atoms with Crippen molar-refractivity contribution in [3.8, 4) is 5.75 Å². The average Bonchev–Trinajstić information content (AvgIpc) is 1.59. The highest BCUT2D eigenvalue weighted by atomic mass is 32.2. The second-order valence-electron chi connectivity index (χ2n) is 33.0. The van der Waals surface area contributed by atoms with E-state index in [1.807, 2.05) is 0 Å². The Hall–Kier alpha value is -13.3. The van der Waals surface area contributed by atoms with E-state index >= 15 is 14.4 Å². The number of rotatable bonds is 28. The van der Waals surface area contributed by atoms with Crippen LogP contribution in [0.1, 0.15) is 142 Å². The number of aromatic hydroxyl groups is 1. The number of thioether (sulfide) groups is 1. The smallest absolute Gasteiger partial charge is 0.303 e. The lowest BCUT2D eigenvalue weighted by Gasteiger charge is -2.32. The number of hydrogen-bond donors (Lipinski definition) is 23. The second kappa shape index (κ2) is 52.4. The number of H-pyrrole nitrogens is 3. The van der Waals surface area contributed by atoms with Crippen LogP contribution in [-0.4, -0.2) is 257 Å². The number of imidazole rings is 2. The van der Waals surface area contributed by atoms with Crippen molar-refractivity contribution in [1.82, 2.24) is 105 Å². The number of unbranched alkanes of at least 4 members (excludes halogenated alkanes) is 1. The van der Waals surface area contributed by atoms with Crippen LogP contribution in [-0.2, 0) is 114 Å². The van der Waals surface area contributed by atoms with Crippen LogP contribution in [0.4, 0.5) is 0 Å². The Kier molecular flexibility index (Phi) is 41.9. The van der Waals surface area contributed by atoms with E-state index in [1.54, 1.807) is 116 Å². The highest BCUT2D eigenvalue weighted by Gasteiger charge is 2.41. The number of phenolic OH excluding ortho intramolecular Hbond substituents is 1. The molecule has 43 heteroatoms. The summed E-state index contributed by atoms with van der Waals surface area (Å²) in [5, 5.41) is 71.4. The van der Waals surface area contributed by atoms with Gasteiger partial charge in [0.1, 0.15) is 84.3 Å². The number of fused-ring (bicyclic) bond motifs is 1. The van der Waals surface area contributed by atoms with Gasteiger partial charge in [-0.25, -0.2) is 9.97 Å². The van der Waals surface area contributed by atoms with Crippen LogP contribution < -0.4 is 91.2 Å². The molecule has 0 spiro atoms. The first kappa shape index (κ1) is 105. The van der Waals surface area contributed by atoms with E-state index in [2.05, 4.69) is 105 Å². The third-order valence-corrected chi connectivity index (χ3v) is 23.5. The van der Waals surface area contributed by atoms with Gasteiger partial charge in [0.15, 0.2) is 0 Å². The van der Waals surface area contributed by atoms with Crippen LogP contribution in [0, 0.1) is 23.7 Å². The van der Waals surface area contributed by atoms with Crippen molar-refractivity contribution in [2.24, 2.45) is 35.1 Å². The molecule has 1 fully saturated rings. The van der Waals surface area contributed by atoms with Gasteiger partial charge in [-0.05, 0) is 97.7 Å². The maximum Gasteiger partial charge on any atom is 0.303 e. The minimum Gasteiger partial charge on any atom is -0.508 e. The van der Waals surface area contributed by atoms with Gasteiger partial charge >= 0.3 is 5.97 Å². The molecular formula is C88H124N22O20S. The molecular weight excluding hydrogens is 1720 g/mol. The number of aliphatic hydroxyl groups excluding tert-OH is 1. The molecule has 42 nitrogen and oxygen atoms in total. The summed E-state index contributed by atoms with van der Waals surface area (Å²) in [4.78, 5) is 263. The molecule has 3 aromatic carbocycles. The van der Waals surface area contributed by atoms with Crippen molar-refractivity contribution in [3.63, 3.8) is 0 Å². The molecule has 17 atom stereocenters. The minimum atomic E-state index is -1.94. The number of aliphatic carboxylic acids is 1. The molecule has 131 heavy (non-hydrogen) atoms. The molecule has 6 aromatic rings. The zero-order chi connectivity index (χ0) is 96.1. The molecule has 1 aliphatic rings. The van der Waals surface area contributed by atoms with Crippen molar-refractivity contribution in [3.05, 3.63) is 138 Å². The Balaban J connectivity index is 1.30. The van der Waals surface area contributed by atoms with E-state index in [0.29, 0.717) is 39.7 Å². The number of carbonyl (C=O) groups excluding carboxylic acids is 16. The number of nitrogens with two attached hydrogens (primary N) is 2. The SMILES string of the molecule is CC[C@H](C)[C@@H]1NC(=O)[C@H](Cc2ccccc2)NC(=O)[C@H](CCCCN)NC(=O)[C@H](CCC(=O)O)NC(=O)[C@H]([C@@H](C)O)NC(=O)[C@H](C(C)C)NC(=O)[C@H]([C@@H](C)CC)NC(=O)[C@H]([C@@H](C)CC)NC(=O)[C@@H](Cc2ccc(O)cc2)NC(=O)CSC[C@@H](C(=O)NCC(N)=O)NC(=O)[C@H](Cc2cnc[nH]2)NC(=O)[C@H](Cc2cnc[nH]2)NC(=O)CNC(=O)[C@H](Cc2c[nH]c3ccccc23)NC1=O. The fourth-order valence-corrected chi connectivity index (χ4v) is 15.1. The number of hydrogen-bond acceptors (Lipinski definition) is 23. The Morgan fingerprint density at radius 2 is 0.908 bits per heavy atom. The summed E-state index contributed by atoms with van der Waals surface area (Å²) in [7, 11) is 0. The van der Waals surface area contributed by atoms with Crippen LogP contribution in [0.25, 0.3) is 10.9 Å². The first-order valence-electron chi connectivity index (χ1n) is 43.7. The van der Waals surface area contributed by atoms with E-state index in [9.17, 15) is 82.4 Å². The number of benzene rings is 3. The summed E-state index contributed by atoms with van der Waals surface area (Å²) in [6, 6.07) is 0.414. The van der Waals surface area contributed by atoms with Gasteiger partial charge in [-0.1, -0.05) is 135 Å². The van der Waals surface area contributed by atoms with E-state index in [-0.39, 0.29) is 82.2 Å². The highest BCUT2D eigenvalue weighted by Crippen LogP contribution is 2.23. The molecule has 0 radical (unpaired) electrons. The van der Waals surface area contributed by atoms with Gasteiger partial charge in [0, 0.05) is 85.2 Å². The summed E-state index contributed by atoms with van der Waals surface area (Å²) in [5.74, 6) is -21.1. The largest absolute Gasteiger partial charge is 0.508 e. The maximum atomic E-state index is 15.2. The molecule has 0 aliphatic carbocycles. The number of carboxylic acid groups (broad SMARTS) is 1. The van der Waals surface area contributed by atoms with Crippen molar-refractivity contribution >= 4 is 123 Å². The number of aliphatic hydroxyl groups is 1. The second-order valence-corrected chi connectivity index (χ2v) is 34.0. The predicted octanol–water partition coefficient (Wildman–Crippen LogP) is -2.23. The lowest BCUT2D eigenvalue weighted by molar-refractivity contribution is -0.139. The van der Waals surface area contributed by atoms with Crippen LogP contribution in [0.2, 0.25) is 0 Å². The Bertz CT molecular complexity index is 4870. The normalized spacial score (nSPS) is 23.8. The molecule has 0 saturated carbocycles. The van der Waals surface area contributed by atoms with Gasteiger partial charge in [0.25, 0.3) is 0 Å². The number of nitrogens with zero attached hydrogens (tertiary/aromatic N) is 2. The molecule has 7 rings (SSSR count). The highest BCUT2D eigenvalue weighted by molar-refractivity contribution is 8.00. The van der Waals surface area contributed by atoms with Crippen LogP contribution in [0.3, 0.4) is 0 Å². The zero-order valence-corrected chi connectivity index (χ0v) is 75.6. The monoisotopic (exact) mass is 1840 g/mol. The Labute approximate surface area is 761 Å². The molecule has 0 unspecified atom stereocenters. The standard InChI is InChI=1S/C88H124N22O20S/c1-10-47(6)72-85(127)104-63(34-53-37-93-58-23-17-16-22-57(53)58)76(118)95-41-68(114)98-64(35-54-38-91-44-96-54)80(122)103-65(36-55-39-92-45-97-55)81(123)105-66(77(119)94-40-67(90)113)42-131-43-69(115)99-61(33-52-25-27-56(112)28-26-52)82(124)108-73(48(7)11-2)87(129)109-74(49(8)12-3)86(128)106-71(46(4)5)84(126)110-75(50(9)111)88(130)101-60(29-30-70(116)117)79(121)100-59(24-18-19-31-89)78(120)102-62(83(125)107-72)32-51-20-14-13-15-21-51/h13-17,20-23,25-28,37-39,44-50,59-66,71-75,93,111-112H,10-12,18-19,24,29-36,40-43,89H2,1-9H3,(H2,90,113)(H,91,96)(H,92,97)(H,94,119)(H,95,118)(H,98,114)(H,99,115)(H,100,121)(H,101,130)(H,102,120)(H,103,122)(H,104,127)(H,105,123)(H,106,128)(H,107,125)(H,108,124)(H,109,129)(H,110,126)(H,116,117)/t47-,48-,49-,50+,59-,60-,61+,62-,63-,64-,65-,66-,71-,72-,73-,74-,75-/m0/s1. The molecule has 3 aromatic heterocycles. The number of amides is 16. The molecule has 0 bridgehead atoms. The van der Waals surface area contributed by atoms with E-state index in [4.69, 9.17) is 11.5 Å². The maximum absolute atomic E-state index is 15.2. The van der Waals surface area contributed by atoms with Crippen molar-refractivity contribution in [2.75, 3.05) is 31.1 Å². The molecule has 712 valence electrons. The quantitative estimate of drug-likeness (QED) is 0.0231. The van der Waals surface area contributed by atoms with Crippen LogP contribution in [0.15, 0.2) is 110 Å². The number of primary amides is 1. The summed E-state index contributed by atoms with van der Waals surface area (Å²) in [6.45, 7) is 12.8. The number of carbonyl (C=O) groups is 17. The number of phenols is 1. The van der Waals surface area contributed by atoms with Gasteiger partial charge in [0.2, 0.25) is 94.5 Å². The van der Waals surface area contributed by atoms with Gasteiger partial charge in [-0.3, -0.25) is 81.5 Å². The van der Waals surface area contributed by atoms with Crippen molar-refractivity contribution < 1.29 is 96.8 Å². The van der Waals surface area contributed by atoms with Gasteiger partial charge < -0.3 is 121 Å². The van der Waals surface area contributed by atoms with E-state index < -0.39 is 246 Å². The minimum absolute atomic E-state index is 0.123. The molecule has 16 amide bonds. The number of aromatic amines is 3. The van der Waals surface area contributed by atoms with Crippen LogP contribution in [0.5, 0.6) is 5.75 Å². The summed E-state index contributed by atoms with van der Waals surface area (Å²) >= 11 is 0.768. The summed E-state index contributed by atoms with van der Waals surface area (Å²) < 4.78 is 0. The first-order valence-corrected chi connectivity index (χ1v) is 44.8. The molecule has 25 N–H and O–H groups in total. The zero-order valence-electron chi connectivity index (χ0n) is 74.8. The third kappa shape index (κ3) is 33.3. The topological polar surface area (TPSA) is 657 Å². The van der Waals surface area contributed by atoms with E-state index in [0.717, 1.165) is 18.7 Å². The van der Waals surface area contributed by atoms with Gasteiger partial charge in [-0.15, -0.1) is 11.8 Å². The Morgan fingerprint density at radius 1 is 0.473 bits per heavy atom. The fourth-order valence-electron chi connectivity index (χ4n) is 14.2. The summed E-state index contributed by atoms with van der Waals surface area (Å²) in [6.07, 6.45) is 3.41. The van der Waals surface area contributed by atoms with Crippen molar-refractivity contribution in [1.29, 1.82) is 0 Å². The lowest BCUT2D eigenvalue weighted by Crippen LogP contribution is -2.63. The molecule has 1 aliphatic heterocycles. The summed E-state index contributed by atoms with van der Waals surface area (Å²) in [5.41, 5.74) is 14.0. The number of carboxylic acids is 1. The van der Waals surface area contributed by atoms with E-state index in [1.165, 1.54) is 49.3 Å². The average molecular weight is 1840 g/mol. The molecule has 4 heterocycles. The van der Waals surface area contributed by atoms with Crippen LogP contribution >= 0.6 is 11.8 Å². The number of nitrogens with one attached hydrogen (secondary N) is 18. The van der Waals surface area contributed by atoms with Gasteiger partial charge in [-0.2, -0.15) is 0 Å². The Morgan fingerprint density at radius 3 is 1.44 bits per heavy atom. The fraction of sp³-hybridized carbons (Fsp3) is 0.511. The number of aromatic nitrogens is 5. The van der Waals surface area contributed by atoms with Crippen molar-refractivity contribution in [2.45, 2.75) is 230 Å². The van der Waals surface area contributed by atoms with Gasteiger partial charge in [0.05, 0.1) is 37.6 Å². The lowest BCUT2D eigenvalue weighted by atomic mass is 9.93.